The largest absolute Gasteiger partial charge is 0.486 e. The van der Waals surface area contributed by atoms with Crippen LogP contribution in [0.4, 0.5) is 0 Å². The third-order valence-electron chi connectivity index (χ3n) is 5.53. The van der Waals surface area contributed by atoms with Crippen molar-refractivity contribution in [3.05, 3.63) is 41.4 Å². The normalized spacial score (nSPS) is 21.9. The molecule has 1 saturated heterocycles. The van der Waals surface area contributed by atoms with Crippen LogP contribution in [0.2, 0.25) is 5.02 Å². The zero-order chi connectivity index (χ0) is 20.2. The van der Waals surface area contributed by atoms with Gasteiger partial charge in [-0.2, -0.15) is 0 Å². The van der Waals surface area contributed by atoms with Gasteiger partial charge in [0.15, 0.2) is 17.5 Å². The zero-order valence-electron chi connectivity index (χ0n) is 17.0. The number of hydrogen-bond acceptors (Lipinski definition) is 4. The average molecular weight is 418 g/mol. The maximum absolute atomic E-state index is 6.38. The van der Waals surface area contributed by atoms with Crippen molar-refractivity contribution in [1.82, 2.24) is 19.8 Å². The Hall–Kier alpha value is -2.41. The molecular weight excluding hydrogens is 390 g/mol. The van der Waals surface area contributed by atoms with Gasteiger partial charge in [-0.1, -0.05) is 18.5 Å². The molecule has 0 spiro atoms. The monoisotopic (exact) mass is 417 g/mol. The second-order valence-electron chi connectivity index (χ2n) is 7.56. The van der Waals surface area contributed by atoms with Gasteiger partial charge in [0.25, 0.3) is 0 Å². The number of guanidine groups is 1. The summed E-state index contributed by atoms with van der Waals surface area (Å²) in [7, 11) is 0. The van der Waals surface area contributed by atoms with Gasteiger partial charge in [-0.05, 0) is 37.0 Å². The van der Waals surface area contributed by atoms with Crippen LogP contribution in [0.3, 0.4) is 0 Å². The Bertz CT molecular complexity index is 855. The summed E-state index contributed by atoms with van der Waals surface area (Å²) in [4.78, 5) is 11.5. The summed E-state index contributed by atoms with van der Waals surface area (Å²) in [6, 6.07) is 4.27. The first-order chi connectivity index (χ1) is 14.2. The van der Waals surface area contributed by atoms with E-state index in [9.17, 15) is 0 Å². The number of halogens is 1. The minimum atomic E-state index is 0.388. The molecule has 0 radical (unpaired) electrons. The number of fused-ring (bicyclic) bond motifs is 1. The van der Waals surface area contributed by atoms with E-state index in [0.717, 1.165) is 37.6 Å². The molecule has 8 heteroatoms. The van der Waals surface area contributed by atoms with E-state index in [-0.39, 0.29) is 0 Å². The molecule has 1 aromatic carbocycles. The summed E-state index contributed by atoms with van der Waals surface area (Å²) in [6.45, 7) is 8.72. The maximum Gasteiger partial charge on any atom is 0.194 e. The fourth-order valence-electron chi connectivity index (χ4n) is 3.94. The molecule has 1 fully saturated rings. The number of rotatable bonds is 4. The SMILES string of the molecule is CCNC(=NCc1cc(Cl)c2c(c1)OCCO2)N1CCC(C)C(n2ccnc2)C1. The van der Waals surface area contributed by atoms with Crippen molar-refractivity contribution in [3.63, 3.8) is 0 Å². The molecule has 2 unspecified atom stereocenters. The smallest absolute Gasteiger partial charge is 0.194 e. The molecule has 4 rings (SSSR count). The van der Waals surface area contributed by atoms with Crippen LogP contribution in [-0.4, -0.2) is 53.3 Å². The molecule has 2 aromatic rings. The van der Waals surface area contributed by atoms with Crippen molar-refractivity contribution in [2.75, 3.05) is 32.8 Å². The highest BCUT2D eigenvalue weighted by Gasteiger charge is 2.29. The molecule has 1 aromatic heterocycles. The summed E-state index contributed by atoms with van der Waals surface area (Å²) in [5.41, 5.74) is 1.01. The number of aromatic nitrogens is 2. The molecule has 2 aliphatic rings. The van der Waals surface area contributed by atoms with Crippen LogP contribution in [0.5, 0.6) is 11.5 Å². The van der Waals surface area contributed by atoms with E-state index in [1.807, 2.05) is 30.9 Å². The van der Waals surface area contributed by atoms with E-state index >= 15 is 0 Å². The van der Waals surface area contributed by atoms with Gasteiger partial charge in [-0.3, -0.25) is 0 Å². The van der Waals surface area contributed by atoms with Gasteiger partial charge in [0.2, 0.25) is 0 Å². The molecule has 0 bridgehead atoms. The number of aliphatic imine (C=N–C) groups is 1. The Morgan fingerprint density at radius 2 is 2.21 bits per heavy atom. The van der Waals surface area contributed by atoms with E-state index < -0.39 is 0 Å². The third-order valence-corrected chi connectivity index (χ3v) is 5.81. The Kier molecular flexibility index (Phi) is 6.13. The molecule has 29 heavy (non-hydrogen) atoms. The Morgan fingerprint density at radius 1 is 1.34 bits per heavy atom. The van der Waals surface area contributed by atoms with Crippen molar-refractivity contribution in [3.8, 4) is 11.5 Å². The minimum Gasteiger partial charge on any atom is -0.486 e. The first-order valence-corrected chi connectivity index (χ1v) is 10.6. The third kappa shape index (κ3) is 4.45. The molecule has 2 atom stereocenters. The Morgan fingerprint density at radius 3 is 3.00 bits per heavy atom. The van der Waals surface area contributed by atoms with Gasteiger partial charge in [-0.15, -0.1) is 0 Å². The molecular formula is C21H28ClN5O2. The number of nitrogens with one attached hydrogen (secondary N) is 1. The number of imidazole rings is 1. The van der Waals surface area contributed by atoms with Crippen molar-refractivity contribution < 1.29 is 9.47 Å². The fourth-order valence-corrected chi connectivity index (χ4v) is 4.23. The van der Waals surface area contributed by atoms with E-state index in [2.05, 4.69) is 33.6 Å². The van der Waals surface area contributed by atoms with Crippen molar-refractivity contribution in [2.24, 2.45) is 10.9 Å². The fraction of sp³-hybridized carbons (Fsp3) is 0.524. The maximum atomic E-state index is 6.38. The first kappa shape index (κ1) is 19.9. The van der Waals surface area contributed by atoms with Crippen molar-refractivity contribution in [2.45, 2.75) is 32.9 Å². The van der Waals surface area contributed by atoms with Gasteiger partial charge < -0.3 is 24.3 Å². The van der Waals surface area contributed by atoms with E-state index in [0.29, 0.717) is 48.2 Å². The molecule has 3 heterocycles. The second kappa shape index (κ2) is 8.95. The van der Waals surface area contributed by atoms with E-state index in [1.165, 1.54) is 0 Å². The lowest BCUT2D eigenvalue weighted by atomic mass is 9.93. The molecule has 7 nitrogen and oxygen atoms in total. The number of hydrogen-bond donors (Lipinski definition) is 1. The molecule has 2 aliphatic heterocycles. The molecule has 156 valence electrons. The quantitative estimate of drug-likeness (QED) is 0.610. The summed E-state index contributed by atoms with van der Waals surface area (Å²) >= 11 is 6.38. The number of piperidine rings is 1. The molecule has 0 saturated carbocycles. The number of likely N-dealkylation sites (tertiary alicyclic amines) is 1. The predicted molar refractivity (Wildman–Crippen MR) is 114 cm³/mol. The van der Waals surface area contributed by atoms with Crippen LogP contribution >= 0.6 is 11.6 Å². The van der Waals surface area contributed by atoms with Gasteiger partial charge in [0.1, 0.15) is 13.2 Å². The lowest BCUT2D eigenvalue weighted by molar-refractivity contribution is 0.171. The topological polar surface area (TPSA) is 63.9 Å². The van der Waals surface area contributed by atoms with Gasteiger partial charge in [-0.25, -0.2) is 9.98 Å². The summed E-state index contributed by atoms with van der Waals surface area (Å²) in [6.07, 6.45) is 6.91. The molecule has 0 aliphatic carbocycles. The van der Waals surface area contributed by atoms with Crippen LogP contribution in [0.1, 0.15) is 31.9 Å². The zero-order valence-corrected chi connectivity index (χ0v) is 17.7. The van der Waals surface area contributed by atoms with Gasteiger partial charge >= 0.3 is 0 Å². The summed E-state index contributed by atoms with van der Waals surface area (Å²) in [5.74, 6) is 2.85. The van der Waals surface area contributed by atoms with Crippen LogP contribution in [-0.2, 0) is 6.54 Å². The van der Waals surface area contributed by atoms with E-state index in [4.69, 9.17) is 26.1 Å². The summed E-state index contributed by atoms with van der Waals surface area (Å²) in [5, 5.41) is 4.02. The molecule has 1 N–H and O–H groups in total. The predicted octanol–water partition coefficient (Wildman–Crippen LogP) is 3.36. The highest BCUT2D eigenvalue weighted by atomic mass is 35.5. The number of nitrogens with zero attached hydrogens (tertiary/aromatic N) is 4. The van der Waals surface area contributed by atoms with Crippen molar-refractivity contribution >= 4 is 17.6 Å². The van der Waals surface area contributed by atoms with Crippen LogP contribution < -0.4 is 14.8 Å². The van der Waals surface area contributed by atoms with Crippen LogP contribution in [0.25, 0.3) is 0 Å². The highest BCUT2D eigenvalue weighted by molar-refractivity contribution is 6.32. The van der Waals surface area contributed by atoms with Crippen LogP contribution in [0.15, 0.2) is 35.8 Å². The lowest BCUT2D eigenvalue weighted by Crippen LogP contribution is -2.49. The van der Waals surface area contributed by atoms with E-state index in [1.54, 1.807) is 0 Å². The van der Waals surface area contributed by atoms with Gasteiger partial charge in [0, 0.05) is 32.0 Å². The first-order valence-electron chi connectivity index (χ1n) is 10.2. The van der Waals surface area contributed by atoms with Crippen molar-refractivity contribution in [1.29, 1.82) is 0 Å². The summed E-state index contributed by atoms with van der Waals surface area (Å²) < 4.78 is 13.5. The standard InChI is InChI=1S/C21H28ClN5O2/c1-3-24-21(26-6-4-15(2)18(13-26)27-7-5-23-14-27)25-12-16-10-17(22)20-19(11-16)28-8-9-29-20/h5,7,10-11,14-15,18H,3-4,6,8-9,12-13H2,1-2H3,(H,24,25). The average Bonchev–Trinajstić information content (AvgIpc) is 3.26. The second-order valence-corrected chi connectivity index (χ2v) is 7.97. The Balaban J connectivity index is 1.51. The van der Waals surface area contributed by atoms with Crippen LogP contribution in [0, 0.1) is 5.92 Å². The minimum absolute atomic E-state index is 0.388. The number of benzene rings is 1. The highest BCUT2D eigenvalue weighted by Crippen LogP contribution is 2.38. The Labute approximate surface area is 176 Å². The number of ether oxygens (including phenoxy) is 2. The lowest BCUT2D eigenvalue weighted by Gasteiger charge is -2.39. The molecule has 0 amide bonds. The van der Waals surface area contributed by atoms with Gasteiger partial charge in [0.05, 0.1) is 23.9 Å².